The molecular weight excluding hydrogens is 1990 g/mol. The number of likely N-dealkylation sites (N-methyl/N-ethyl adjacent to an activating group) is 2. The zero-order valence-electron chi connectivity index (χ0n) is 81.5. The van der Waals surface area contributed by atoms with Gasteiger partial charge in [0.1, 0.15) is 77.2 Å². The molecule has 0 radical (unpaired) electrons. The van der Waals surface area contributed by atoms with Gasteiger partial charge in [0.15, 0.2) is 57.8 Å². The topological polar surface area (TPSA) is 413 Å². The Morgan fingerprint density at radius 1 is 0.396 bits per heavy atom. The number of hydrogen-bond donors (Lipinski definition) is 5. The van der Waals surface area contributed by atoms with Crippen LogP contribution in [0.1, 0.15) is 82.7 Å². The van der Waals surface area contributed by atoms with E-state index in [9.17, 15) is 24.0 Å². The van der Waals surface area contributed by atoms with Crippen molar-refractivity contribution in [1.82, 2.24) is 92.7 Å². The summed E-state index contributed by atoms with van der Waals surface area (Å²) in [7, 11) is 3.82. The second-order valence-electron chi connectivity index (χ2n) is 36.6. The number of nitrogens with two attached hydrogens (primary N) is 5. The smallest absolute Gasteiger partial charge is 0.335 e. The number of carbonyl (C=O) groups excluding carboxylic acids is 3. The molecule has 2 atom stereocenters. The number of benzene rings is 7. The summed E-state index contributed by atoms with van der Waals surface area (Å²) in [5.41, 5.74) is 41.4. The van der Waals surface area contributed by atoms with Gasteiger partial charge in [0.2, 0.25) is 17.7 Å². The van der Waals surface area contributed by atoms with Gasteiger partial charge < -0.3 is 43.4 Å². The van der Waals surface area contributed by atoms with Crippen LogP contribution in [0, 0.1) is 0 Å². The zero-order chi connectivity index (χ0) is 104. The van der Waals surface area contributed by atoms with Crippen molar-refractivity contribution in [1.29, 1.82) is 0 Å². The number of amides is 3. The fourth-order valence-corrected chi connectivity index (χ4v) is 20.2. The van der Waals surface area contributed by atoms with Crippen LogP contribution >= 0.6 is 58.0 Å². The predicted octanol–water partition coefficient (Wildman–Crippen LogP) is 19.1. The molecule has 5 aliphatic heterocycles. The van der Waals surface area contributed by atoms with Crippen molar-refractivity contribution < 1.29 is 14.4 Å². The normalized spacial score (nSPS) is 16.3. The summed E-state index contributed by atoms with van der Waals surface area (Å²) in [5, 5.41) is 3.10. The molecule has 0 spiro atoms. The number of nitrogen functional groups attached to an aromatic ring is 5. The molecular formula is C108H106Cl5N31O5. The number of likely N-dealkylation sites (tertiary alicyclic amines) is 2. The van der Waals surface area contributed by atoms with Crippen LogP contribution in [-0.4, -0.2) is 182 Å². The first-order chi connectivity index (χ1) is 72.2. The van der Waals surface area contributed by atoms with Gasteiger partial charge in [-0.3, -0.25) is 76.8 Å². The molecule has 15 aromatic rings. The predicted molar refractivity (Wildman–Crippen MR) is 591 cm³/mol. The van der Waals surface area contributed by atoms with Crippen LogP contribution in [0.15, 0.2) is 316 Å². The van der Waals surface area contributed by atoms with E-state index in [4.69, 9.17) is 86.7 Å². The second kappa shape index (κ2) is 44.1. The quantitative estimate of drug-likeness (QED) is 0.0417. The Labute approximate surface area is 883 Å². The molecule has 7 aromatic carbocycles. The summed E-state index contributed by atoms with van der Waals surface area (Å²) in [5.74, 6) is 5.30. The third-order valence-electron chi connectivity index (χ3n) is 27.2. The molecule has 2 unspecified atom stereocenters. The minimum absolute atomic E-state index is 0.0114. The van der Waals surface area contributed by atoms with Gasteiger partial charge in [-0.05, 0) is 228 Å². The number of para-hydroxylation sites is 1. The minimum Gasteiger partial charge on any atom is -0.382 e. The molecule has 5 fully saturated rings. The van der Waals surface area contributed by atoms with Gasteiger partial charge in [-0.1, -0.05) is 140 Å². The van der Waals surface area contributed by atoms with Crippen molar-refractivity contribution >= 4 is 201 Å². The van der Waals surface area contributed by atoms with E-state index < -0.39 is 0 Å². The lowest BCUT2D eigenvalue weighted by Gasteiger charge is -2.30. The number of fused-ring (bicyclic) bond motifs is 5. The van der Waals surface area contributed by atoms with E-state index in [2.05, 4.69) is 98.0 Å². The SMILES string of the molecule is C=C1N(c2ccccc2)c2ncnc(N)c2N1c1ccc(Cl)cc1.C=C1N(c2cccnc2)c2ncnc(N)c2N1c1ccc(Cl)cc1.C=CC(=O)N(C)c1cccc(N2C(=C)N(c3ccc(Cl)cc3)c3c(N)ncnc32)c1.CN(C/C=C/C(=O)N1CCC(n2c(=O)n(-c3ccc(Cl)cc3)c3c(N)ncnc32)C1)C1CCCCC1.Nc1ncnc2c1n(-c1ccc(Cl)cc1)c(=O)n2C1CCN(C(=O)/C=C/CN(C2CC2)C2CC2)C1. The van der Waals surface area contributed by atoms with Crippen molar-refractivity contribution in [3.63, 3.8) is 0 Å². The monoisotopic (exact) mass is 2090 g/mol. The number of aromatic nitrogens is 15. The number of imidazole rings is 2. The third kappa shape index (κ3) is 21.1. The number of halogens is 5. The van der Waals surface area contributed by atoms with Crippen molar-refractivity contribution in [2.75, 3.05) is 116 Å². The van der Waals surface area contributed by atoms with Crippen LogP contribution in [0.2, 0.25) is 25.1 Å². The molecule has 13 heterocycles. The molecule has 23 rings (SSSR count). The zero-order valence-corrected chi connectivity index (χ0v) is 85.3. The number of anilines is 18. The largest absolute Gasteiger partial charge is 0.382 e. The number of carbonyl (C=O) groups is 3. The van der Waals surface area contributed by atoms with Gasteiger partial charge in [0, 0.05) is 136 Å². The van der Waals surface area contributed by atoms with Crippen molar-refractivity contribution in [2.45, 2.75) is 101 Å². The van der Waals surface area contributed by atoms with Crippen molar-refractivity contribution in [3.05, 3.63) is 352 Å². The lowest BCUT2D eigenvalue weighted by molar-refractivity contribution is -0.125. The molecule has 36 nitrogen and oxygen atoms in total. The van der Waals surface area contributed by atoms with E-state index in [-0.39, 0.29) is 52.8 Å². The van der Waals surface area contributed by atoms with Crippen LogP contribution in [0.3, 0.4) is 0 Å². The maximum Gasteiger partial charge on any atom is 0.335 e. The summed E-state index contributed by atoms with van der Waals surface area (Å²) in [6.07, 6.45) is 31.9. The standard InChI is InChI=1S/C26H32ClN7O2.C25H28ClN7O2.C22H19ClN6O.C18H14ClN5.C17H13ClN6/c1-31(19-6-3-2-4-7-19)14-5-8-22(35)32-15-13-21(16-32)34-25-23(24(28)29-17-30-25)33(26(34)36)20-11-9-18(27)10-12-20;26-16-3-5-19(6-4-16)32-22-23(27)28-15-29-24(22)33(25(32)35)20-11-13-30(14-20)21(34)2-1-12-31(17-7-8-17)18-9-10-18;1-4-19(30)27(3)17-6-5-7-18(12-17)29-14(2)28(16-10-8-15(23)9-11-16)20-21(24)25-13-26-22(20)29;1-12-23(15-9-7-13(19)8-10-15)16-17(20)21-11-22-18(16)24(12)14-5-3-2-4-6-14;1-11-23(13-6-4-12(18)5-7-13)15-16(19)21-10-22-17(15)24(11)14-3-2-8-20-9-14/h5,8-12,17,19,21H,2-4,6-7,13-16H2,1H3,(H2,28,29,30);1-6,15,17-18,20H,7-14H2,(H2,27,28,29);4-13H,1-2H2,3H3,(H2,24,25,26);2-11H,1H2,(H2,20,21,22);2-10H,1H2,(H2,19,21,22)/b8-5+;2-1+;;;. The van der Waals surface area contributed by atoms with Gasteiger partial charge in [-0.15, -0.1) is 0 Å². The van der Waals surface area contributed by atoms with E-state index in [1.54, 1.807) is 106 Å². The van der Waals surface area contributed by atoms with Crippen LogP contribution < -0.4 is 74.3 Å². The molecule has 3 saturated carbocycles. The summed E-state index contributed by atoms with van der Waals surface area (Å²) in [6.45, 7) is 19.9. The van der Waals surface area contributed by atoms with E-state index in [0.717, 1.165) is 53.0 Å². The Kier molecular flexibility index (Phi) is 30.0. The van der Waals surface area contributed by atoms with Gasteiger partial charge in [0.05, 0.1) is 41.0 Å². The first-order valence-corrected chi connectivity index (χ1v) is 50.4. The Balaban J connectivity index is 0.000000118. The van der Waals surface area contributed by atoms with Crippen LogP contribution in [0.4, 0.5) is 103 Å². The molecule has 149 heavy (non-hydrogen) atoms. The van der Waals surface area contributed by atoms with Crippen molar-refractivity contribution in [3.8, 4) is 11.4 Å². The molecule has 3 aliphatic carbocycles. The molecule has 0 bridgehead atoms. The average Bonchev–Trinajstić information content (AvgIpc) is 1.58. The molecule has 2 saturated heterocycles. The maximum atomic E-state index is 13.6. The van der Waals surface area contributed by atoms with E-state index in [1.165, 1.54) is 110 Å². The highest BCUT2D eigenvalue weighted by molar-refractivity contribution is 6.32. The number of pyridine rings is 1. The lowest BCUT2D eigenvalue weighted by atomic mass is 9.94. The Morgan fingerprint density at radius 3 is 1.17 bits per heavy atom. The molecule has 758 valence electrons. The number of nitrogens with zero attached hydrogens (tertiary/aromatic N) is 26. The summed E-state index contributed by atoms with van der Waals surface area (Å²) in [6, 6.07) is 59.0. The Morgan fingerprint density at radius 2 is 0.765 bits per heavy atom. The van der Waals surface area contributed by atoms with Crippen LogP contribution in [0.5, 0.6) is 0 Å². The highest BCUT2D eigenvalue weighted by atomic mass is 35.5. The lowest BCUT2D eigenvalue weighted by Crippen LogP contribution is -2.34. The number of rotatable bonds is 21. The van der Waals surface area contributed by atoms with Gasteiger partial charge >= 0.3 is 11.4 Å². The van der Waals surface area contributed by atoms with Crippen molar-refractivity contribution in [2.24, 2.45) is 0 Å². The van der Waals surface area contributed by atoms with E-state index in [0.29, 0.717) is 185 Å². The summed E-state index contributed by atoms with van der Waals surface area (Å²) < 4.78 is 6.35. The van der Waals surface area contributed by atoms with Gasteiger partial charge in [0.25, 0.3) is 0 Å². The molecule has 8 aliphatic rings. The minimum atomic E-state index is -0.261. The molecule has 41 heteroatoms. The van der Waals surface area contributed by atoms with Crippen LogP contribution in [-0.2, 0) is 14.4 Å². The van der Waals surface area contributed by atoms with Gasteiger partial charge in [-0.2, -0.15) is 0 Å². The average molecular weight is 2100 g/mol. The first kappa shape index (κ1) is 101. The third-order valence-corrected chi connectivity index (χ3v) is 28.4. The first-order valence-electron chi connectivity index (χ1n) is 48.5. The van der Waals surface area contributed by atoms with Crippen LogP contribution in [0.25, 0.3) is 33.7 Å². The van der Waals surface area contributed by atoms with Gasteiger partial charge in [-0.25, -0.2) is 59.4 Å². The molecule has 3 amide bonds. The second-order valence-corrected chi connectivity index (χ2v) is 38.8. The fraction of sp³-hybridized carbons (Fsp3) is 0.222. The summed E-state index contributed by atoms with van der Waals surface area (Å²) in [4.78, 5) is 133. The highest BCUT2D eigenvalue weighted by Crippen LogP contribution is 2.54. The highest BCUT2D eigenvalue weighted by Gasteiger charge is 2.43. The summed E-state index contributed by atoms with van der Waals surface area (Å²) >= 11 is 30.2. The van der Waals surface area contributed by atoms with E-state index in [1.807, 2.05) is 174 Å². The Bertz CT molecular complexity index is 7590. The fourth-order valence-electron chi connectivity index (χ4n) is 19.6. The Hall–Kier alpha value is -16.4. The maximum absolute atomic E-state index is 13.6. The van der Waals surface area contributed by atoms with E-state index >= 15 is 0 Å². The molecule has 10 N–H and O–H groups in total. The molecule has 8 aromatic heterocycles. The number of hydrogen-bond acceptors (Lipinski definition) is 29.